The summed E-state index contributed by atoms with van der Waals surface area (Å²) < 4.78 is 2.21. The van der Waals surface area contributed by atoms with Crippen LogP contribution in [0.3, 0.4) is 0 Å². The molecular weight excluding hydrogens is 374 g/mol. The molecule has 0 saturated heterocycles. The molecule has 6 saturated carbocycles. The summed E-state index contributed by atoms with van der Waals surface area (Å²) in [6.07, 6.45) is 0. The summed E-state index contributed by atoms with van der Waals surface area (Å²) in [7, 11) is 0. The van der Waals surface area contributed by atoms with E-state index < -0.39 is 0 Å². The highest BCUT2D eigenvalue weighted by Crippen LogP contribution is 2.90. The van der Waals surface area contributed by atoms with Gasteiger partial charge in [-0.1, -0.05) is 45.2 Å². The van der Waals surface area contributed by atoms with Crippen molar-refractivity contribution in [2.45, 2.75) is 7.85 Å². The molecule has 6 aliphatic carbocycles. The van der Waals surface area contributed by atoms with E-state index in [-0.39, 0.29) is 0 Å². The second-order valence-corrected chi connectivity index (χ2v) is 8.38. The van der Waals surface area contributed by atoms with Crippen LogP contribution in [0.25, 0.3) is 0 Å². The van der Waals surface area contributed by atoms with Gasteiger partial charge in [-0.3, -0.25) is 0 Å². The van der Waals surface area contributed by atoms with Gasteiger partial charge < -0.3 is 0 Å². The quantitative estimate of drug-likeness (QED) is 0.445. The van der Waals surface area contributed by atoms with Crippen LogP contribution in [0, 0.1) is 47.3 Å². The standard InChI is InChI=1S/C10H10I2/c11-9-5-1-2-4(5)8-7(9)3(1)6(2)10(8)12/h1-10H/t1-,2+,3+,4-,5+,6-,7-,8+,9+,10-. The molecule has 12 heavy (non-hydrogen) atoms. The van der Waals surface area contributed by atoms with Crippen molar-refractivity contribution in [3.05, 3.63) is 0 Å². The lowest BCUT2D eigenvalue weighted by Crippen LogP contribution is -2.61. The van der Waals surface area contributed by atoms with E-state index in [2.05, 4.69) is 45.2 Å². The molecule has 0 heterocycles. The molecule has 0 nitrogen and oxygen atoms in total. The summed E-state index contributed by atoms with van der Waals surface area (Å²) in [5.41, 5.74) is 0. The maximum Gasteiger partial charge on any atom is 0.0178 e. The van der Waals surface area contributed by atoms with Crippen LogP contribution < -0.4 is 0 Å². The molecular formula is C10H10I2. The fourth-order valence-electron chi connectivity index (χ4n) is 6.03. The molecule has 4 bridgehead atoms. The van der Waals surface area contributed by atoms with Crippen molar-refractivity contribution < 1.29 is 0 Å². The van der Waals surface area contributed by atoms with Crippen molar-refractivity contribution in [1.82, 2.24) is 0 Å². The van der Waals surface area contributed by atoms with E-state index in [4.69, 9.17) is 0 Å². The first-order chi connectivity index (χ1) is 5.82. The molecule has 0 radical (unpaired) electrons. The van der Waals surface area contributed by atoms with Crippen molar-refractivity contribution in [1.29, 1.82) is 0 Å². The Kier molecular flexibility index (Phi) is 0.944. The number of hydrogen-bond donors (Lipinski definition) is 0. The third-order valence-corrected chi connectivity index (χ3v) is 9.24. The molecule has 6 rings (SSSR count). The van der Waals surface area contributed by atoms with E-state index in [1.54, 1.807) is 0 Å². The Hall–Kier alpha value is 1.46. The van der Waals surface area contributed by atoms with Crippen molar-refractivity contribution in [2.24, 2.45) is 47.3 Å². The van der Waals surface area contributed by atoms with Crippen LogP contribution >= 0.6 is 45.2 Å². The van der Waals surface area contributed by atoms with Crippen LogP contribution in [0.5, 0.6) is 0 Å². The lowest BCUT2D eigenvalue weighted by atomic mass is 9.41. The third-order valence-electron chi connectivity index (χ3n) is 5.92. The summed E-state index contributed by atoms with van der Waals surface area (Å²) in [4.78, 5) is 0. The molecule has 6 fully saturated rings. The average molecular weight is 384 g/mol. The summed E-state index contributed by atoms with van der Waals surface area (Å²) in [5.74, 6) is 9.80. The minimum absolute atomic E-state index is 1.11. The number of halogens is 2. The normalized spacial score (nSPS) is 90.5. The second kappa shape index (κ2) is 1.65. The molecule has 6 aliphatic rings. The van der Waals surface area contributed by atoms with Gasteiger partial charge >= 0.3 is 0 Å². The zero-order valence-electron chi connectivity index (χ0n) is 6.53. The largest absolute Gasteiger partial charge is 0.0820 e. The van der Waals surface area contributed by atoms with Crippen LogP contribution in [0.4, 0.5) is 0 Å². The van der Waals surface area contributed by atoms with E-state index in [9.17, 15) is 0 Å². The smallest absolute Gasteiger partial charge is 0.0178 e. The molecule has 0 amide bonds. The lowest BCUT2D eigenvalue weighted by Gasteiger charge is -2.63. The van der Waals surface area contributed by atoms with Crippen LogP contribution in [-0.2, 0) is 0 Å². The minimum Gasteiger partial charge on any atom is -0.0820 e. The molecule has 0 N–H and O–H groups in total. The second-order valence-electron chi connectivity index (χ2n) is 5.51. The summed E-state index contributed by atoms with van der Waals surface area (Å²) >= 11 is 5.57. The molecule has 0 aromatic rings. The highest BCUT2D eigenvalue weighted by atomic mass is 127. The Morgan fingerprint density at radius 2 is 0.667 bits per heavy atom. The van der Waals surface area contributed by atoms with Crippen molar-refractivity contribution in [3.8, 4) is 0 Å². The summed E-state index contributed by atoms with van der Waals surface area (Å²) in [5, 5.41) is 0. The van der Waals surface area contributed by atoms with Gasteiger partial charge in [-0.25, -0.2) is 0 Å². The van der Waals surface area contributed by atoms with E-state index in [1.807, 2.05) is 0 Å². The molecule has 0 spiro atoms. The zero-order valence-corrected chi connectivity index (χ0v) is 10.8. The zero-order chi connectivity index (χ0) is 7.77. The maximum atomic E-state index is 2.78. The third kappa shape index (κ3) is 0.380. The van der Waals surface area contributed by atoms with Crippen molar-refractivity contribution >= 4 is 45.2 Å². The summed E-state index contributed by atoms with van der Waals surface area (Å²) in [6.45, 7) is 0. The fourth-order valence-corrected chi connectivity index (χ4v) is 9.86. The van der Waals surface area contributed by atoms with Crippen LogP contribution in [0.1, 0.15) is 0 Å². The van der Waals surface area contributed by atoms with Crippen LogP contribution in [0.15, 0.2) is 0 Å². The first kappa shape index (κ1) is 6.85. The SMILES string of the molecule is I[C@H]1[C@@H]2[C@@H]3[C@@H]4[C@H](I)[C@H]5[C@@H]([C@@H]14)[C@H]2[C@H]53. The van der Waals surface area contributed by atoms with Gasteiger partial charge in [-0.05, 0) is 47.3 Å². The van der Waals surface area contributed by atoms with E-state index in [0.29, 0.717) is 0 Å². The Labute approximate surface area is 99.5 Å². The number of alkyl halides is 2. The van der Waals surface area contributed by atoms with Gasteiger partial charge in [0.05, 0.1) is 0 Å². The Bertz CT molecular complexity index is 268. The van der Waals surface area contributed by atoms with Gasteiger partial charge in [0.15, 0.2) is 0 Å². The topological polar surface area (TPSA) is 0 Å². The van der Waals surface area contributed by atoms with Gasteiger partial charge in [-0.15, -0.1) is 0 Å². The van der Waals surface area contributed by atoms with E-state index in [1.165, 1.54) is 47.3 Å². The predicted octanol–water partition coefficient (Wildman–Crippen LogP) is 2.59. The first-order valence-corrected chi connectivity index (χ1v) is 7.59. The van der Waals surface area contributed by atoms with Gasteiger partial charge in [0.2, 0.25) is 0 Å². The van der Waals surface area contributed by atoms with Crippen LogP contribution in [-0.4, -0.2) is 7.85 Å². The van der Waals surface area contributed by atoms with Gasteiger partial charge in [0, 0.05) is 7.85 Å². The number of hydrogen-bond acceptors (Lipinski definition) is 0. The van der Waals surface area contributed by atoms with E-state index >= 15 is 0 Å². The highest BCUT2D eigenvalue weighted by Gasteiger charge is 2.88. The van der Waals surface area contributed by atoms with Gasteiger partial charge in [0.25, 0.3) is 0 Å². The van der Waals surface area contributed by atoms with Gasteiger partial charge in [-0.2, -0.15) is 0 Å². The Balaban J connectivity index is 1.83. The molecule has 2 heteroatoms. The first-order valence-electron chi connectivity index (χ1n) is 5.10. The molecule has 10 atom stereocenters. The Morgan fingerprint density at radius 1 is 0.417 bits per heavy atom. The van der Waals surface area contributed by atoms with Crippen molar-refractivity contribution in [3.63, 3.8) is 0 Å². The van der Waals surface area contributed by atoms with Crippen LogP contribution in [0.2, 0.25) is 0 Å². The minimum atomic E-state index is 1.11. The molecule has 0 unspecified atom stereocenters. The monoisotopic (exact) mass is 384 g/mol. The lowest BCUT2D eigenvalue weighted by molar-refractivity contribution is -0.168. The van der Waals surface area contributed by atoms with Crippen molar-refractivity contribution in [2.75, 3.05) is 0 Å². The molecule has 0 aromatic heterocycles. The predicted molar refractivity (Wildman–Crippen MR) is 63.5 cm³/mol. The maximum absolute atomic E-state index is 2.78. The molecule has 64 valence electrons. The average Bonchev–Trinajstić information content (AvgIpc) is 2.45. The highest BCUT2D eigenvalue weighted by molar-refractivity contribution is 14.1. The molecule has 0 aliphatic heterocycles. The fraction of sp³-hybridized carbons (Fsp3) is 1.00. The summed E-state index contributed by atoms with van der Waals surface area (Å²) in [6, 6.07) is 0. The van der Waals surface area contributed by atoms with E-state index in [0.717, 1.165) is 7.85 Å². The number of rotatable bonds is 0. The Morgan fingerprint density at radius 3 is 1.00 bits per heavy atom. The molecule has 0 aromatic carbocycles. The van der Waals surface area contributed by atoms with Gasteiger partial charge in [0.1, 0.15) is 0 Å².